The minimum absolute atomic E-state index is 0.162. The lowest BCUT2D eigenvalue weighted by molar-refractivity contribution is 0.561. The van der Waals surface area contributed by atoms with Crippen LogP contribution in [0.1, 0.15) is 16.7 Å². The van der Waals surface area contributed by atoms with Crippen molar-refractivity contribution < 1.29 is 12.8 Å². The molecule has 0 spiro atoms. The van der Waals surface area contributed by atoms with E-state index in [1.54, 1.807) is 25.1 Å². The molecule has 0 atom stereocenters. The predicted octanol–water partition coefficient (Wildman–Crippen LogP) is 1.70. The van der Waals surface area contributed by atoms with Crippen LogP contribution >= 0.6 is 12.2 Å². The predicted molar refractivity (Wildman–Crippen MR) is 79.8 cm³/mol. The lowest BCUT2D eigenvalue weighted by atomic mass is 10.1. The molecule has 0 bridgehead atoms. The van der Waals surface area contributed by atoms with Crippen molar-refractivity contribution in [1.29, 1.82) is 0 Å². The van der Waals surface area contributed by atoms with Crippen LogP contribution in [0.3, 0.4) is 0 Å². The second-order valence-electron chi connectivity index (χ2n) is 4.30. The molecule has 2 rings (SSSR count). The van der Waals surface area contributed by atoms with Crippen molar-refractivity contribution in [3.63, 3.8) is 0 Å². The SMILES string of the molecule is Cc1ccc(C(N)=S)cc1S(=O)(=O)NCc1ccoc1. The van der Waals surface area contributed by atoms with Crippen LogP contribution in [0, 0.1) is 6.92 Å². The van der Waals surface area contributed by atoms with Gasteiger partial charge in [0.05, 0.1) is 17.4 Å². The molecule has 0 unspecified atom stereocenters. The summed E-state index contributed by atoms with van der Waals surface area (Å²) in [5.74, 6) is 0. The molecule has 1 aromatic carbocycles. The highest BCUT2D eigenvalue weighted by Crippen LogP contribution is 2.17. The molecule has 1 aromatic heterocycles. The summed E-state index contributed by atoms with van der Waals surface area (Å²) in [6.07, 6.45) is 2.98. The van der Waals surface area contributed by atoms with Crippen LogP contribution in [0.25, 0.3) is 0 Å². The average Bonchev–Trinajstić information content (AvgIpc) is 2.89. The van der Waals surface area contributed by atoms with Crippen LogP contribution in [0.4, 0.5) is 0 Å². The Hall–Kier alpha value is -1.70. The number of thiocarbonyl (C=S) groups is 1. The molecule has 3 N–H and O–H groups in total. The largest absolute Gasteiger partial charge is 0.472 e. The number of sulfonamides is 1. The van der Waals surface area contributed by atoms with Gasteiger partial charge in [0.2, 0.25) is 10.0 Å². The highest BCUT2D eigenvalue weighted by atomic mass is 32.2. The molecular weight excluding hydrogens is 296 g/mol. The Morgan fingerprint density at radius 1 is 1.40 bits per heavy atom. The molecule has 0 aliphatic heterocycles. The van der Waals surface area contributed by atoms with Crippen molar-refractivity contribution in [2.24, 2.45) is 5.73 Å². The van der Waals surface area contributed by atoms with Crippen LogP contribution in [0.5, 0.6) is 0 Å². The average molecular weight is 310 g/mol. The fourth-order valence-corrected chi connectivity index (χ4v) is 3.11. The van der Waals surface area contributed by atoms with Gasteiger partial charge in [0, 0.05) is 17.7 Å². The van der Waals surface area contributed by atoms with Crippen LogP contribution < -0.4 is 10.5 Å². The van der Waals surface area contributed by atoms with Crippen molar-refractivity contribution in [3.8, 4) is 0 Å². The van der Waals surface area contributed by atoms with Gasteiger partial charge in [-0.1, -0.05) is 24.4 Å². The molecule has 5 nitrogen and oxygen atoms in total. The first kappa shape index (κ1) is 14.7. The minimum Gasteiger partial charge on any atom is -0.472 e. The molecule has 2 aromatic rings. The molecule has 106 valence electrons. The molecular formula is C13H14N2O3S2. The monoisotopic (exact) mass is 310 g/mol. The van der Waals surface area contributed by atoms with E-state index in [0.29, 0.717) is 11.1 Å². The zero-order chi connectivity index (χ0) is 14.8. The molecule has 0 saturated heterocycles. The quantitative estimate of drug-likeness (QED) is 0.821. The van der Waals surface area contributed by atoms with E-state index in [4.69, 9.17) is 22.4 Å². The fraction of sp³-hybridized carbons (Fsp3) is 0.154. The Labute approximate surface area is 122 Å². The number of hydrogen-bond donors (Lipinski definition) is 2. The lowest BCUT2D eigenvalue weighted by Gasteiger charge is -2.10. The van der Waals surface area contributed by atoms with Gasteiger partial charge in [0.15, 0.2) is 0 Å². The number of nitrogens with one attached hydrogen (secondary N) is 1. The van der Waals surface area contributed by atoms with Gasteiger partial charge < -0.3 is 10.2 Å². The summed E-state index contributed by atoms with van der Waals surface area (Å²) in [7, 11) is -3.63. The molecule has 0 aliphatic carbocycles. The summed E-state index contributed by atoms with van der Waals surface area (Å²) in [6.45, 7) is 1.88. The van der Waals surface area contributed by atoms with E-state index in [0.717, 1.165) is 5.56 Å². The standard InChI is InChI=1S/C13H14N2O3S2/c1-9-2-3-11(13(14)19)6-12(9)20(16,17)15-7-10-4-5-18-8-10/h2-6,8,15H,7H2,1H3,(H2,14,19). The van der Waals surface area contributed by atoms with Gasteiger partial charge in [-0.25, -0.2) is 13.1 Å². The Morgan fingerprint density at radius 2 is 2.15 bits per heavy atom. The van der Waals surface area contributed by atoms with Crippen molar-refractivity contribution in [2.75, 3.05) is 0 Å². The van der Waals surface area contributed by atoms with Gasteiger partial charge in [0.1, 0.15) is 4.99 Å². The number of aryl methyl sites for hydroxylation is 1. The summed E-state index contributed by atoms with van der Waals surface area (Å²) < 4.78 is 32.0. The van der Waals surface area contributed by atoms with Crippen LogP contribution in [-0.2, 0) is 16.6 Å². The minimum atomic E-state index is -3.63. The smallest absolute Gasteiger partial charge is 0.241 e. The molecule has 0 fully saturated rings. The van der Waals surface area contributed by atoms with Gasteiger partial charge in [-0.2, -0.15) is 0 Å². The molecule has 0 saturated carbocycles. The van der Waals surface area contributed by atoms with Gasteiger partial charge in [-0.3, -0.25) is 0 Å². The topological polar surface area (TPSA) is 85.3 Å². The maximum atomic E-state index is 12.3. The summed E-state index contributed by atoms with van der Waals surface area (Å²) in [5, 5.41) is 0. The fourth-order valence-electron chi connectivity index (χ4n) is 1.69. The highest BCUT2D eigenvalue weighted by molar-refractivity contribution is 7.89. The molecule has 0 aliphatic rings. The number of hydrogen-bond acceptors (Lipinski definition) is 4. The molecule has 7 heteroatoms. The van der Waals surface area contributed by atoms with E-state index in [2.05, 4.69) is 4.72 Å². The maximum absolute atomic E-state index is 12.3. The normalized spacial score (nSPS) is 11.4. The second kappa shape index (κ2) is 5.74. The maximum Gasteiger partial charge on any atom is 0.241 e. The third-order valence-electron chi connectivity index (χ3n) is 2.81. The zero-order valence-corrected chi connectivity index (χ0v) is 12.4. The van der Waals surface area contributed by atoms with E-state index in [1.807, 2.05) is 0 Å². The van der Waals surface area contributed by atoms with Crippen molar-refractivity contribution >= 4 is 27.2 Å². The van der Waals surface area contributed by atoms with E-state index >= 15 is 0 Å². The van der Waals surface area contributed by atoms with Gasteiger partial charge in [-0.15, -0.1) is 0 Å². The number of benzene rings is 1. The van der Waals surface area contributed by atoms with Crippen LogP contribution in [-0.4, -0.2) is 13.4 Å². The summed E-state index contributed by atoms with van der Waals surface area (Å²) in [6, 6.07) is 6.56. The Bertz CT molecular complexity index is 722. The van der Waals surface area contributed by atoms with E-state index in [9.17, 15) is 8.42 Å². The summed E-state index contributed by atoms with van der Waals surface area (Å²) >= 11 is 4.87. The summed E-state index contributed by atoms with van der Waals surface area (Å²) in [5.41, 5.74) is 7.43. The van der Waals surface area contributed by atoms with Gasteiger partial charge in [0.25, 0.3) is 0 Å². The van der Waals surface area contributed by atoms with E-state index in [-0.39, 0.29) is 16.4 Å². The summed E-state index contributed by atoms with van der Waals surface area (Å²) in [4.78, 5) is 0.336. The zero-order valence-electron chi connectivity index (χ0n) is 10.8. The Kier molecular flexibility index (Phi) is 4.22. The molecule has 1 heterocycles. The Balaban J connectivity index is 2.28. The third kappa shape index (κ3) is 3.24. The first-order valence-electron chi connectivity index (χ1n) is 5.81. The van der Waals surface area contributed by atoms with Crippen molar-refractivity contribution in [1.82, 2.24) is 4.72 Å². The third-order valence-corrected chi connectivity index (χ3v) is 4.59. The van der Waals surface area contributed by atoms with Gasteiger partial charge in [-0.05, 0) is 24.6 Å². The Morgan fingerprint density at radius 3 is 2.75 bits per heavy atom. The van der Waals surface area contributed by atoms with E-state index < -0.39 is 10.0 Å². The van der Waals surface area contributed by atoms with Crippen LogP contribution in [0.15, 0.2) is 46.1 Å². The number of rotatable bonds is 5. The molecule has 20 heavy (non-hydrogen) atoms. The van der Waals surface area contributed by atoms with E-state index in [1.165, 1.54) is 18.6 Å². The van der Waals surface area contributed by atoms with Crippen molar-refractivity contribution in [3.05, 3.63) is 53.5 Å². The first-order chi connectivity index (χ1) is 9.40. The highest BCUT2D eigenvalue weighted by Gasteiger charge is 2.17. The van der Waals surface area contributed by atoms with Crippen molar-refractivity contribution in [2.45, 2.75) is 18.4 Å². The van der Waals surface area contributed by atoms with Crippen LogP contribution in [0.2, 0.25) is 0 Å². The molecule has 0 amide bonds. The van der Waals surface area contributed by atoms with Gasteiger partial charge >= 0.3 is 0 Å². The first-order valence-corrected chi connectivity index (χ1v) is 7.70. The number of nitrogens with two attached hydrogens (primary N) is 1. The lowest BCUT2D eigenvalue weighted by Crippen LogP contribution is -2.24. The second-order valence-corrected chi connectivity index (χ2v) is 6.48. The molecule has 0 radical (unpaired) electrons. The number of furan rings is 1.